The number of allylic oxidation sites excluding steroid dienone is 1. The predicted octanol–water partition coefficient (Wildman–Crippen LogP) is 3.09. The zero-order chi connectivity index (χ0) is 10.7. The minimum absolute atomic E-state index is 0.477. The van der Waals surface area contributed by atoms with Gasteiger partial charge < -0.3 is 5.11 Å². The lowest BCUT2D eigenvalue weighted by molar-refractivity contribution is -0.132. The van der Waals surface area contributed by atoms with Gasteiger partial charge in [-0.15, -0.1) is 0 Å². The Morgan fingerprint density at radius 2 is 1.71 bits per heavy atom. The molecule has 0 radical (unpaired) electrons. The molecular weight excluding hydrogens is 176 g/mol. The van der Waals surface area contributed by atoms with Gasteiger partial charge in [-0.1, -0.05) is 19.9 Å². The highest BCUT2D eigenvalue weighted by atomic mass is 16.4. The van der Waals surface area contributed by atoms with E-state index >= 15 is 0 Å². The van der Waals surface area contributed by atoms with Gasteiger partial charge in [-0.25, -0.2) is 4.79 Å². The summed E-state index contributed by atoms with van der Waals surface area (Å²) in [6.45, 7) is 6.20. The fourth-order valence-electron chi connectivity index (χ4n) is 2.57. The van der Waals surface area contributed by atoms with E-state index in [-0.39, 0.29) is 0 Å². The van der Waals surface area contributed by atoms with Gasteiger partial charge in [0.05, 0.1) is 0 Å². The third kappa shape index (κ3) is 3.17. The summed E-state index contributed by atoms with van der Waals surface area (Å²) in [6.07, 6.45) is 5.52. The summed E-state index contributed by atoms with van der Waals surface area (Å²) in [5.74, 6) is 1.17. The van der Waals surface area contributed by atoms with Gasteiger partial charge in [-0.3, -0.25) is 0 Å². The van der Waals surface area contributed by atoms with Gasteiger partial charge in [-0.05, 0) is 43.9 Å². The second-order valence-electron chi connectivity index (χ2n) is 4.83. The Balaban J connectivity index is 2.60. The first-order valence-electron chi connectivity index (χ1n) is 5.40. The van der Waals surface area contributed by atoms with E-state index in [1.165, 1.54) is 6.42 Å². The third-order valence-electron chi connectivity index (χ3n) is 3.04. The van der Waals surface area contributed by atoms with E-state index in [0.717, 1.165) is 24.7 Å². The van der Waals surface area contributed by atoms with E-state index in [1.807, 2.05) is 6.08 Å². The van der Waals surface area contributed by atoms with Crippen LogP contribution in [0, 0.1) is 17.8 Å². The summed E-state index contributed by atoms with van der Waals surface area (Å²) in [4.78, 5) is 10.7. The SMILES string of the molecule is CC(=CC1CC(C)CC(C)C1)C(=O)O. The Kier molecular flexibility index (Phi) is 3.73. The summed E-state index contributed by atoms with van der Waals surface area (Å²) in [7, 11) is 0. The molecule has 1 aliphatic carbocycles. The van der Waals surface area contributed by atoms with Crippen molar-refractivity contribution >= 4 is 5.97 Å². The Bertz CT molecular complexity index is 233. The maximum Gasteiger partial charge on any atom is 0.330 e. The van der Waals surface area contributed by atoms with Crippen LogP contribution in [-0.4, -0.2) is 11.1 Å². The van der Waals surface area contributed by atoms with Crippen LogP contribution in [-0.2, 0) is 4.79 Å². The van der Waals surface area contributed by atoms with Crippen molar-refractivity contribution in [3.8, 4) is 0 Å². The monoisotopic (exact) mass is 196 g/mol. The quantitative estimate of drug-likeness (QED) is 0.689. The zero-order valence-electron chi connectivity index (χ0n) is 9.29. The van der Waals surface area contributed by atoms with E-state index < -0.39 is 5.97 Å². The van der Waals surface area contributed by atoms with Gasteiger partial charge >= 0.3 is 5.97 Å². The molecule has 0 amide bonds. The van der Waals surface area contributed by atoms with Crippen molar-refractivity contribution in [3.05, 3.63) is 11.6 Å². The molecule has 0 aromatic heterocycles. The van der Waals surface area contributed by atoms with E-state index in [4.69, 9.17) is 5.11 Å². The van der Waals surface area contributed by atoms with Crippen LogP contribution in [0.2, 0.25) is 0 Å². The van der Waals surface area contributed by atoms with Crippen LogP contribution >= 0.6 is 0 Å². The molecule has 0 spiro atoms. The number of rotatable bonds is 2. The molecule has 2 heteroatoms. The lowest BCUT2D eigenvalue weighted by Crippen LogP contribution is -2.18. The molecule has 1 rings (SSSR count). The minimum atomic E-state index is -0.782. The highest BCUT2D eigenvalue weighted by Gasteiger charge is 2.22. The first-order valence-corrected chi connectivity index (χ1v) is 5.40. The van der Waals surface area contributed by atoms with Gasteiger partial charge in [-0.2, -0.15) is 0 Å². The minimum Gasteiger partial charge on any atom is -0.478 e. The van der Waals surface area contributed by atoms with Crippen molar-refractivity contribution in [3.63, 3.8) is 0 Å². The number of aliphatic carboxylic acids is 1. The first kappa shape index (κ1) is 11.3. The average molecular weight is 196 g/mol. The fraction of sp³-hybridized carbons (Fsp3) is 0.750. The molecule has 80 valence electrons. The number of hydrogen-bond donors (Lipinski definition) is 1. The van der Waals surface area contributed by atoms with E-state index in [9.17, 15) is 4.79 Å². The topological polar surface area (TPSA) is 37.3 Å². The molecule has 2 unspecified atom stereocenters. The van der Waals surface area contributed by atoms with Crippen molar-refractivity contribution in [2.75, 3.05) is 0 Å². The van der Waals surface area contributed by atoms with E-state index in [1.54, 1.807) is 6.92 Å². The van der Waals surface area contributed by atoms with Crippen LogP contribution in [0.5, 0.6) is 0 Å². The second kappa shape index (κ2) is 4.63. The fourth-order valence-corrected chi connectivity index (χ4v) is 2.57. The van der Waals surface area contributed by atoms with Crippen molar-refractivity contribution < 1.29 is 9.90 Å². The lowest BCUT2D eigenvalue weighted by atomic mass is 9.76. The van der Waals surface area contributed by atoms with Crippen LogP contribution in [0.15, 0.2) is 11.6 Å². The highest BCUT2D eigenvalue weighted by molar-refractivity contribution is 5.85. The molecule has 14 heavy (non-hydrogen) atoms. The maximum atomic E-state index is 10.7. The van der Waals surface area contributed by atoms with Gasteiger partial charge in [0.15, 0.2) is 0 Å². The number of carboxylic acids is 1. The molecule has 1 aliphatic rings. The summed E-state index contributed by atoms with van der Waals surface area (Å²) in [5, 5.41) is 8.78. The standard InChI is InChI=1S/C12H20O2/c1-8-4-9(2)6-11(5-8)7-10(3)12(13)14/h7-9,11H,4-6H2,1-3H3,(H,13,14). The van der Waals surface area contributed by atoms with Crippen LogP contribution in [0.3, 0.4) is 0 Å². The molecule has 0 aromatic carbocycles. The molecular formula is C12H20O2. The smallest absolute Gasteiger partial charge is 0.330 e. The lowest BCUT2D eigenvalue weighted by Gasteiger charge is -2.29. The summed E-state index contributed by atoms with van der Waals surface area (Å²) < 4.78 is 0. The van der Waals surface area contributed by atoms with E-state index in [0.29, 0.717) is 11.5 Å². The van der Waals surface area contributed by atoms with Gasteiger partial charge in [0.25, 0.3) is 0 Å². The first-order chi connectivity index (χ1) is 6.49. The Morgan fingerprint density at radius 3 is 2.14 bits per heavy atom. The molecule has 1 N–H and O–H groups in total. The largest absolute Gasteiger partial charge is 0.478 e. The molecule has 0 aliphatic heterocycles. The number of hydrogen-bond acceptors (Lipinski definition) is 1. The Morgan fingerprint density at radius 1 is 1.21 bits per heavy atom. The maximum absolute atomic E-state index is 10.7. The summed E-state index contributed by atoms with van der Waals surface area (Å²) >= 11 is 0. The van der Waals surface area contributed by atoms with Crippen LogP contribution in [0.25, 0.3) is 0 Å². The molecule has 0 saturated heterocycles. The van der Waals surface area contributed by atoms with Gasteiger partial charge in [0.2, 0.25) is 0 Å². The molecule has 0 heterocycles. The van der Waals surface area contributed by atoms with Crippen LogP contribution < -0.4 is 0 Å². The zero-order valence-corrected chi connectivity index (χ0v) is 9.29. The van der Waals surface area contributed by atoms with Crippen molar-refractivity contribution in [2.24, 2.45) is 17.8 Å². The third-order valence-corrected chi connectivity index (χ3v) is 3.04. The Labute approximate surface area is 86.0 Å². The molecule has 0 bridgehead atoms. The van der Waals surface area contributed by atoms with E-state index in [2.05, 4.69) is 13.8 Å². The van der Waals surface area contributed by atoms with Crippen LogP contribution in [0.4, 0.5) is 0 Å². The number of carboxylic acid groups (broad SMARTS) is 1. The molecule has 0 aromatic rings. The highest BCUT2D eigenvalue weighted by Crippen LogP contribution is 2.33. The molecule has 1 fully saturated rings. The Hall–Kier alpha value is -0.790. The van der Waals surface area contributed by atoms with Crippen molar-refractivity contribution in [1.29, 1.82) is 0 Å². The normalized spacial score (nSPS) is 34.2. The summed E-state index contributed by atoms with van der Waals surface area (Å²) in [5.41, 5.74) is 0.497. The van der Waals surface area contributed by atoms with Crippen molar-refractivity contribution in [1.82, 2.24) is 0 Å². The molecule has 2 nitrogen and oxygen atoms in total. The van der Waals surface area contributed by atoms with Gasteiger partial charge in [0.1, 0.15) is 0 Å². The second-order valence-corrected chi connectivity index (χ2v) is 4.83. The molecule has 1 saturated carbocycles. The average Bonchev–Trinajstić information content (AvgIpc) is 2.01. The van der Waals surface area contributed by atoms with Gasteiger partial charge in [0, 0.05) is 5.57 Å². The summed E-state index contributed by atoms with van der Waals surface area (Å²) in [6, 6.07) is 0. The van der Waals surface area contributed by atoms with Crippen molar-refractivity contribution in [2.45, 2.75) is 40.0 Å². The van der Waals surface area contributed by atoms with Crippen LogP contribution in [0.1, 0.15) is 40.0 Å². The number of carbonyl (C=O) groups is 1. The molecule has 2 atom stereocenters. The predicted molar refractivity (Wildman–Crippen MR) is 57.1 cm³/mol.